The summed E-state index contributed by atoms with van der Waals surface area (Å²) >= 11 is 7.47. The Labute approximate surface area is 93.7 Å². The van der Waals surface area contributed by atoms with Crippen LogP contribution in [0.5, 0.6) is 0 Å². The lowest BCUT2D eigenvalue weighted by Gasteiger charge is -2.00. The zero-order valence-corrected chi connectivity index (χ0v) is 9.87. The fraction of sp³-hybridized carbons (Fsp3) is 0.700. The van der Waals surface area contributed by atoms with E-state index in [1.807, 2.05) is 0 Å². The average molecular weight is 231 g/mol. The zero-order chi connectivity index (χ0) is 9.97. The van der Waals surface area contributed by atoms with Gasteiger partial charge in [-0.15, -0.1) is 11.3 Å². The minimum Gasteiger partial charge on any atom is -0.316 e. The van der Waals surface area contributed by atoms with E-state index >= 15 is 0 Å². The Hall–Kier alpha value is -0.120. The zero-order valence-electron chi connectivity index (χ0n) is 8.29. The Morgan fingerprint density at radius 3 is 3.21 bits per heavy atom. The quantitative estimate of drug-likeness (QED) is 0.787. The molecule has 4 heteroatoms. The molecular weight excluding hydrogens is 216 g/mol. The number of rotatable bonds is 5. The van der Waals surface area contributed by atoms with E-state index in [1.165, 1.54) is 17.8 Å². The van der Waals surface area contributed by atoms with E-state index in [4.69, 9.17) is 11.6 Å². The molecule has 0 aliphatic heterocycles. The van der Waals surface area contributed by atoms with Crippen LogP contribution in [0.4, 0.5) is 0 Å². The third-order valence-electron chi connectivity index (χ3n) is 2.57. The number of hydrogen-bond donors (Lipinski definition) is 1. The van der Waals surface area contributed by atoms with Crippen LogP contribution < -0.4 is 5.32 Å². The Kier molecular flexibility index (Phi) is 3.42. The van der Waals surface area contributed by atoms with Gasteiger partial charge in [0.05, 0.1) is 11.2 Å². The standard InChI is InChI=1S/C10H15ClN2S/c1-2-3-12-5-7-4-8(7)10-13-6-9(11)14-10/h6-8,12H,2-5H2,1H3. The van der Waals surface area contributed by atoms with Gasteiger partial charge in [0.25, 0.3) is 0 Å². The average Bonchev–Trinajstić information content (AvgIpc) is 2.81. The Balaban J connectivity index is 1.76. The fourth-order valence-corrected chi connectivity index (χ4v) is 2.81. The van der Waals surface area contributed by atoms with Crippen molar-refractivity contribution in [2.45, 2.75) is 25.7 Å². The van der Waals surface area contributed by atoms with E-state index in [1.54, 1.807) is 17.5 Å². The maximum atomic E-state index is 5.85. The van der Waals surface area contributed by atoms with E-state index in [0.29, 0.717) is 5.92 Å². The molecular formula is C10H15ClN2S. The summed E-state index contributed by atoms with van der Waals surface area (Å²) in [5.41, 5.74) is 0. The summed E-state index contributed by atoms with van der Waals surface area (Å²) in [5.74, 6) is 1.47. The first kappa shape index (κ1) is 10.4. The van der Waals surface area contributed by atoms with E-state index in [-0.39, 0.29) is 0 Å². The molecule has 0 amide bonds. The maximum Gasteiger partial charge on any atom is 0.113 e. The highest BCUT2D eigenvalue weighted by molar-refractivity contribution is 7.15. The molecule has 2 unspecified atom stereocenters. The molecule has 1 aliphatic rings. The smallest absolute Gasteiger partial charge is 0.113 e. The molecule has 1 N–H and O–H groups in total. The van der Waals surface area contributed by atoms with Crippen molar-refractivity contribution in [2.75, 3.05) is 13.1 Å². The first-order valence-electron chi connectivity index (χ1n) is 5.13. The number of aromatic nitrogens is 1. The van der Waals surface area contributed by atoms with Crippen LogP contribution >= 0.6 is 22.9 Å². The molecule has 2 nitrogen and oxygen atoms in total. The van der Waals surface area contributed by atoms with Gasteiger partial charge in [-0.1, -0.05) is 18.5 Å². The molecule has 14 heavy (non-hydrogen) atoms. The van der Waals surface area contributed by atoms with Gasteiger partial charge in [0.1, 0.15) is 4.34 Å². The minimum absolute atomic E-state index is 0.678. The molecule has 1 aromatic rings. The molecule has 1 heterocycles. The molecule has 1 aliphatic carbocycles. The molecule has 1 aromatic heterocycles. The topological polar surface area (TPSA) is 24.9 Å². The highest BCUT2D eigenvalue weighted by atomic mass is 35.5. The molecule has 2 atom stereocenters. The van der Waals surface area contributed by atoms with E-state index in [0.717, 1.165) is 23.3 Å². The maximum absolute atomic E-state index is 5.85. The molecule has 0 aromatic carbocycles. The van der Waals surface area contributed by atoms with Crippen molar-refractivity contribution < 1.29 is 0 Å². The monoisotopic (exact) mass is 230 g/mol. The van der Waals surface area contributed by atoms with Gasteiger partial charge >= 0.3 is 0 Å². The van der Waals surface area contributed by atoms with Gasteiger partial charge in [-0.2, -0.15) is 0 Å². The van der Waals surface area contributed by atoms with E-state index < -0.39 is 0 Å². The number of thiazole rings is 1. The van der Waals surface area contributed by atoms with Gasteiger partial charge in [-0.25, -0.2) is 4.98 Å². The van der Waals surface area contributed by atoms with Crippen molar-refractivity contribution in [3.8, 4) is 0 Å². The predicted molar refractivity (Wildman–Crippen MR) is 61.1 cm³/mol. The van der Waals surface area contributed by atoms with E-state index in [2.05, 4.69) is 17.2 Å². The number of hydrogen-bond acceptors (Lipinski definition) is 3. The third-order valence-corrected chi connectivity index (χ3v) is 3.82. The highest BCUT2D eigenvalue weighted by Crippen LogP contribution is 2.48. The van der Waals surface area contributed by atoms with Crippen LogP contribution in [0.15, 0.2) is 6.20 Å². The molecule has 2 rings (SSSR count). The Bertz CT molecular complexity index is 300. The van der Waals surface area contributed by atoms with Crippen molar-refractivity contribution in [1.29, 1.82) is 0 Å². The lowest BCUT2D eigenvalue weighted by Crippen LogP contribution is -2.17. The van der Waals surface area contributed by atoms with Gasteiger partial charge in [0, 0.05) is 5.92 Å². The number of halogens is 1. The summed E-state index contributed by atoms with van der Waals surface area (Å²) in [7, 11) is 0. The molecule has 0 spiro atoms. The van der Waals surface area contributed by atoms with Gasteiger partial charge in [0.2, 0.25) is 0 Å². The summed E-state index contributed by atoms with van der Waals surface area (Å²) in [5, 5.41) is 4.67. The van der Waals surface area contributed by atoms with Crippen molar-refractivity contribution in [1.82, 2.24) is 10.3 Å². The summed E-state index contributed by atoms with van der Waals surface area (Å²) < 4.78 is 0.812. The molecule has 1 fully saturated rings. The molecule has 0 bridgehead atoms. The summed E-state index contributed by atoms with van der Waals surface area (Å²) in [6.45, 7) is 4.45. The van der Waals surface area contributed by atoms with Gasteiger partial charge in [0.15, 0.2) is 0 Å². The van der Waals surface area contributed by atoms with Crippen LogP contribution in [0.1, 0.15) is 30.7 Å². The van der Waals surface area contributed by atoms with Crippen molar-refractivity contribution in [3.63, 3.8) is 0 Å². The second-order valence-electron chi connectivity index (χ2n) is 3.81. The molecule has 78 valence electrons. The van der Waals surface area contributed by atoms with Crippen LogP contribution in [0.3, 0.4) is 0 Å². The number of nitrogens with zero attached hydrogens (tertiary/aromatic N) is 1. The first-order valence-corrected chi connectivity index (χ1v) is 6.32. The van der Waals surface area contributed by atoms with E-state index in [9.17, 15) is 0 Å². The van der Waals surface area contributed by atoms with Crippen LogP contribution in [0, 0.1) is 5.92 Å². The van der Waals surface area contributed by atoms with Crippen molar-refractivity contribution in [3.05, 3.63) is 15.5 Å². The first-order chi connectivity index (χ1) is 6.81. The Morgan fingerprint density at radius 2 is 2.57 bits per heavy atom. The summed E-state index contributed by atoms with van der Waals surface area (Å²) in [4.78, 5) is 4.32. The summed E-state index contributed by atoms with van der Waals surface area (Å²) in [6.07, 6.45) is 4.25. The second kappa shape index (κ2) is 4.60. The number of nitrogens with one attached hydrogen (secondary N) is 1. The van der Waals surface area contributed by atoms with Gasteiger partial charge in [-0.05, 0) is 31.8 Å². The highest BCUT2D eigenvalue weighted by Gasteiger charge is 2.39. The normalized spacial score (nSPS) is 25.3. The molecule has 1 saturated carbocycles. The van der Waals surface area contributed by atoms with Crippen molar-refractivity contribution in [2.24, 2.45) is 5.92 Å². The van der Waals surface area contributed by atoms with Gasteiger partial charge < -0.3 is 5.32 Å². The lowest BCUT2D eigenvalue weighted by molar-refractivity contribution is 0.619. The van der Waals surface area contributed by atoms with Crippen LogP contribution in [0.2, 0.25) is 4.34 Å². The summed E-state index contributed by atoms with van der Waals surface area (Å²) in [6, 6.07) is 0. The fourth-order valence-electron chi connectivity index (χ4n) is 1.68. The van der Waals surface area contributed by atoms with Crippen LogP contribution in [-0.2, 0) is 0 Å². The largest absolute Gasteiger partial charge is 0.316 e. The van der Waals surface area contributed by atoms with Crippen molar-refractivity contribution >= 4 is 22.9 Å². The lowest BCUT2D eigenvalue weighted by atomic mass is 10.3. The van der Waals surface area contributed by atoms with Crippen LogP contribution in [0.25, 0.3) is 0 Å². The van der Waals surface area contributed by atoms with Gasteiger partial charge in [-0.3, -0.25) is 0 Å². The SMILES string of the molecule is CCCNCC1CC1c1ncc(Cl)s1. The predicted octanol–water partition coefficient (Wildman–Crippen LogP) is 2.90. The minimum atomic E-state index is 0.678. The van der Waals surface area contributed by atoms with Crippen LogP contribution in [-0.4, -0.2) is 18.1 Å². The molecule has 0 saturated heterocycles. The second-order valence-corrected chi connectivity index (χ2v) is 5.50. The Morgan fingerprint density at radius 1 is 1.71 bits per heavy atom. The third kappa shape index (κ3) is 2.47. The molecule has 0 radical (unpaired) electrons.